The maximum absolute atomic E-state index is 11.5. The van der Waals surface area contributed by atoms with Crippen LogP contribution in [-0.2, 0) is 13.0 Å². The molecule has 0 radical (unpaired) electrons. The number of aliphatic hydroxyl groups excluding tert-OH is 1. The molecule has 2 N–H and O–H groups in total. The first-order chi connectivity index (χ1) is 21.1. The Morgan fingerprint density at radius 2 is 1.75 bits per heavy atom. The number of nitrogens with one attached hydrogen (secondary N) is 1. The van der Waals surface area contributed by atoms with E-state index in [4.69, 9.17) is 14.2 Å². The molecule has 2 saturated heterocycles. The zero-order valence-electron chi connectivity index (χ0n) is 26.4. The highest BCUT2D eigenvalue weighted by molar-refractivity contribution is 8.14. The van der Waals surface area contributed by atoms with E-state index >= 15 is 0 Å². The van der Waals surface area contributed by atoms with Crippen molar-refractivity contribution in [1.82, 2.24) is 10.2 Å². The van der Waals surface area contributed by atoms with Crippen LogP contribution in [0.15, 0.2) is 54.6 Å². The molecule has 0 saturated carbocycles. The van der Waals surface area contributed by atoms with Gasteiger partial charge in [-0.25, -0.2) is 0 Å². The van der Waals surface area contributed by atoms with Gasteiger partial charge < -0.3 is 24.6 Å². The summed E-state index contributed by atoms with van der Waals surface area (Å²) in [7, 11) is 0. The topological polar surface area (TPSA) is 80.3 Å². The Morgan fingerprint density at radius 1 is 1.00 bits per heavy atom. The molecular weight excluding hydrogens is 572 g/mol. The van der Waals surface area contributed by atoms with Crippen molar-refractivity contribution in [3.63, 3.8) is 0 Å². The van der Waals surface area contributed by atoms with Crippen LogP contribution >= 0.6 is 11.8 Å². The molecule has 0 bridgehead atoms. The van der Waals surface area contributed by atoms with Gasteiger partial charge in [-0.2, -0.15) is 0 Å². The van der Waals surface area contributed by atoms with Gasteiger partial charge in [0.1, 0.15) is 42.3 Å². The molecule has 6 rings (SSSR count). The average Bonchev–Trinajstić information content (AvgIpc) is 3.66. The molecule has 4 atom stereocenters. The lowest BCUT2D eigenvalue weighted by molar-refractivity contribution is 0.0791. The molecule has 1 amide bonds. The van der Waals surface area contributed by atoms with E-state index in [1.54, 1.807) is 0 Å². The van der Waals surface area contributed by atoms with Gasteiger partial charge in [-0.15, -0.1) is 0 Å². The van der Waals surface area contributed by atoms with Crippen LogP contribution in [0.4, 0.5) is 4.79 Å². The van der Waals surface area contributed by atoms with E-state index in [2.05, 4.69) is 69.1 Å². The fourth-order valence-corrected chi connectivity index (χ4v) is 7.85. The maximum atomic E-state index is 11.5. The first-order valence-corrected chi connectivity index (χ1v) is 16.6. The summed E-state index contributed by atoms with van der Waals surface area (Å²) in [5.74, 6) is 3.05. The van der Waals surface area contributed by atoms with Gasteiger partial charge in [0.15, 0.2) is 0 Å². The number of hydrogen-bond acceptors (Lipinski definition) is 7. The van der Waals surface area contributed by atoms with Gasteiger partial charge in [0.25, 0.3) is 5.24 Å². The summed E-state index contributed by atoms with van der Waals surface area (Å²) in [5, 5.41) is 12.2. The molecule has 7 nitrogen and oxygen atoms in total. The molecular formula is C36H44N2O5S. The highest BCUT2D eigenvalue weighted by Crippen LogP contribution is 2.52. The number of carbonyl (C=O) groups excluding carboxylic acids is 1. The molecule has 0 aliphatic carbocycles. The number of fused-ring (bicyclic) bond motifs is 1. The van der Waals surface area contributed by atoms with E-state index in [9.17, 15) is 9.90 Å². The van der Waals surface area contributed by atoms with Crippen LogP contribution in [0.5, 0.6) is 17.2 Å². The summed E-state index contributed by atoms with van der Waals surface area (Å²) in [5.41, 5.74) is 6.68. The third-order valence-corrected chi connectivity index (χ3v) is 10.7. The number of ether oxygens (including phenoxy) is 3. The Kier molecular flexibility index (Phi) is 8.86. The third-order valence-electron chi connectivity index (χ3n) is 9.61. The standard InChI is InChI=1S/C36H44N2O5S/c1-22-23(2)33-31(24(3)32(22)42-20-26-10-7-6-8-11-26)29(36(4,5)43-33)19-38-17-9-12-27(38)21-41-28-15-13-25(14-16-28)18-30-34(39)37-35(40)44-30/h6-8,10-11,13-16,27,29-30,34,39H,9,12,17-21H2,1-5H3,(H,37,40). The zero-order chi connectivity index (χ0) is 31.0. The SMILES string of the molecule is Cc1c(C)c2c(c(C)c1OCc1ccccc1)C(CN1CCCC1COc1ccc(CC3SC(=O)NC3O)cc1)C(C)(C)O2. The van der Waals surface area contributed by atoms with Gasteiger partial charge in [0.2, 0.25) is 0 Å². The maximum Gasteiger partial charge on any atom is 0.281 e. The number of likely N-dealkylation sites (tertiary alicyclic amines) is 1. The molecule has 44 heavy (non-hydrogen) atoms. The predicted molar refractivity (Wildman–Crippen MR) is 175 cm³/mol. The van der Waals surface area contributed by atoms with Crippen LogP contribution in [0.2, 0.25) is 0 Å². The lowest BCUT2D eigenvalue weighted by Gasteiger charge is -2.33. The average molecular weight is 617 g/mol. The van der Waals surface area contributed by atoms with Gasteiger partial charge in [0.05, 0.1) is 5.25 Å². The van der Waals surface area contributed by atoms with E-state index in [1.807, 2.05) is 30.3 Å². The number of rotatable bonds is 10. The number of benzene rings is 3. The lowest BCUT2D eigenvalue weighted by atomic mass is 9.82. The van der Waals surface area contributed by atoms with Crippen molar-refractivity contribution in [2.24, 2.45) is 0 Å². The van der Waals surface area contributed by atoms with Crippen molar-refractivity contribution in [1.29, 1.82) is 0 Å². The number of nitrogens with zero attached hydrogens (tertiary/aromatic N) is 1. The van der Waals surface area contributed by atoms with Crippen LogP contribution in [0.25, 0.3) is 0 Å². The summed E-state index contributed by atoms with van der Waals surface area (Å²) in [4.78, 5) is 14.1. The molecule has 3 heterocycles. The van der Waals surface area contributed by atoms with Crippen molar-refractivity contribution in [2.75, 3.05) is 19.7 Å². The molecule has 234 valence electrons. The lowest BCUT2D eigenvalue weighted by Crippen LogP contribution is -2.42. The molecule has 3 aromatic rings. The van der Waals surface area contributed by atoms with Crippen LogP contribution < -0.4 is 19.5 Å². The van der Waals surface area contributed by atoms with Gasteiger partial charge in [-0.05, 0) is 100 Å². The Hall–Kier alpha value is -3.20. The molecule has 0 spiro atoms. The normalized spacial score (nSPS) is 24.2. The number of aliphatic hydroxyl groups is 1. The van der Waals surface area contributed by atoms with Gasteiger partial charge in [-0.3, -0.25) is 9.69 Å². The minimum absolute atomic E-state index is 0.168. The predicted octanol–water partition coefficient (Wildman–Crippen LogP) is 6.67. The van der Waals surface area contributed by atoms with E-state index in [0.717, 1.165) is 77.2 Å². The Bertz CT molecular complexity index is 1490. The number of carbonyl (C=O) groups is 1. The van der Waals surface area contributed by atoms with E-state index in [0.29, 0.717) is 25.7 Å². The first kappa shape index (κ1) is 30.8. The highest BCUT2D eigenvalue weighted by atomic mass is 32.2. The van der Waals surface area contributed by atoms with Crippen molar-refractivity contribution in [3.8, 4) is 17.2 Å². The molecule has 3 aliphatic heterocycles. The second kappa shape index (κ2) is 12.7. The quantitative estimate of drug-likeness (QED) is 0.263. The Morgan fingerprint density at radius 3 is 2.45 bits per heavy atom. The summed E-state index contributed by atoms with van der Waals surface area (Å²) < 4.78 is 19.5. The Labute approximate surface area is 265 Å². The number of hydrogen-bond donors (Lipinski definition) is 2. The fraction of sp³-hybridized carbons (Fsp3) is 0.472. The molecule has 0 aromatic heterocycles. The van der Waals surface area contributed by atoms with E-state index in [-0.39, 0.29) is 22.0 Å². The molecule has 2 fully saturated rings. The summed E-state index contributed by atoms with van der Waals surface area (Å²) in [6, 6.07) is 18.7. The summed E-state index contributed by atoms with van der Waals surface area (Å²) >= 11 is 1.16. The second-order valence-electron chi connectivity index (χ2n) is 13.0. The number of amides is 1. The van der Waals surface area contributed by atoms with Crippen molar-refractivity contribution in [2.45, 2.75) is 89.5 Å². The van der Waals surface area contributed by atoms with Crippen molar-refractivity contribution < 1.29 is 24.1 Å². The van der Waals surface area contributed by atoms with E-state index < -0.39 is 6.23 Å². The molecule has 8 heteroatoms. The van der Waals surface area contributed by atoms with Crippen LogP contribution in [0.3, 0.4) is 0 Å². The minimum atomic E-state index is -0.802. The monoisotopic (exact) mass is 616 g/mol. The zero-order valence-corrected chi connectivity index (χ0v) is 27.2. The minimum Gasteiger partial charge on any atom is -0.492 e. The smallest absolute Gasteiger partial charge is 0.281 e. The van der Waals surface area contributed by atoms with Crippen LogP contribution in [0, 0.1) is 20.8 Å². The second-order valence-corrected chi connectivity index (χ2v) is 14.2. The third kappa shape index (κ3) is 6.30. The van der Waals surface area contributed by atoms with Crippen LogP contribution in [0.1, 0.15) is 66.0 Å². The fourth-order valence-electron chi connectivity index (χ4n) is 6.91. The van der Waals surface area contributed by atoms with Crippen molar-refractivity contribution in [3.05, 3.63) is 88.0 Å². The Balaban J connectivity index is 1.13. The van der Waals surface area contributed by atoms with Crippen LogP contribution in [-0.4, -0.2) is 58.1 Å². The largest absolute Gasteiger partial charge is 0.492 e. The van der Waals surface area contributed by atoms with Crippen molar-refractivity contribution >= 4 is 17.0 Å². The van der Waals surface area contributed by atoms with Gasteiger partial charge in [-0.1, -0.05) is 54.2 Å². The molecule has 3 aromatic carbocycles. The van der Waals surface area contributed by atoms with Gasteiger partial charge in [0, 0.05) is 24.1 Å². The van der Waals surface area contributed by atoms with Gasteiger partial charge >= 0.3 is 0 Å². The molecule has 3 aliphatic rings. The van der Waals surface area contributed by atoms with E-state index in [1.165, 1.54) is 11.1 Å². The highest BCUT2D eigenvalue weighted by Gasteiger charge is 2.46. The number of thioether (sulfide) groups is 1. The first-order valence-electron chi connectivity index (χ1n) is 15.7. The molecule has 4 unspecified atom stereocenters. The summed E-state index contributed by atoms with van der Waals surface area (Å²) in [6.45, 7) is 14.0. The summed E-state index contributed by atoms with van der Waals surface area (Å²) in [6.07, 6.45) is 2.08.